The van der Waals surface area contributed by atoms with Crippen LogP contribution in [0.3, 0.4) is 0 Å². The van der Waals surface area contributed by atoms with Crippen molar-refractivity contribution in [3.05, 3.63) is 27.3 Å². The molecule has 1 heterocycles. The summed E-state index contributed by atoms with van der Waals surface area (Å²) in [5.41, 5.74) is 6.03. The molecule has 2 aromatic rings. The lowest BCUT2D eigenvalue weighted by molar-refractivity contribution is -0.126. The number of halogens is 3. The highest BCUT2D eigenvalue weighted by Crippen LogP contribution is 2.26. The molecule has 2 N–H and O–H groups in total. The number of alkyl halides is 1. The van der Waals surface area contributed by atoms with Crippen LogP contribution in [0.25, 0.3) is 11.0 Å². The molecule has 4 nitrogen and oxygen atoms in total. The van der Waals surface area contributed by atoms with E-state index in [0.717, 1.165) is 5.82 Å². The van der Waals surface area contributed by atoms with Gasteiger partial charge in [-0.1, -0.05) is 0 Å². The number of hydrogen-bond acceptors (Lipinski definition) is 2. The Morgan fingerprint density at radius 1 is 1.52 bits per heavy atom. The van der Waals surface area contributed by atoms with Gasteiger partial charge in [-0.15, -0.1) is 11.6 Å². The minimum Gasteiger partial charge on any atom is -0.369 e. The summed E-state index contributed by atoms with van der Waals surface area (Å²) < 4.78 is 16.2. The minimum atomic E-state index is -0.756. The molecular weight excluding hydrogens is 408 g/mol. The van der Waals surface area contributed by atoms with Crippen molar-refractivity contribution < 1.29 is 9.18 Å². The van der Waals surface area contributed by atoms with Gasteiger partial charge in [0, 0.05) is 24.9 Å². The van der Waals surface area contributed by atoms with Crippen molar-refractivity contribution in [3.63, 3.8) is 0 Å². The van der Waals surface area contributed by atoms with Gasteiger partial charge in [0.1, 0.15) is 11.6 Å². The number of amides is 1. The third-order valence-corrected chi connectivity index (χ3v) is 4.42. The molecule has 0 bridgehead atoms. The molecule has 0 spiro atoms. The molecule has 0 saturated heterocycles. The van der Waals surface area contributed by atoms with Gasteiger partial charge >= 0.3 is 0 Å². The van der Waals surface area contributed by atoms with E-state index >= 15 is 0 Å². The molecule has 0 saturated carbocycles. The Morgan fingerprint density at radius 3 is 2.76 bits per heavy atom. The van der Waals surface area contributed by atoms with E-state index in [0.29, 0.717) is 33.4 Å². The molecule has 2 rings (SSSR count). The van der Waals surface area contributed by atoms with Crippen LogP contribution in [0.2, 0.25) is 0 Å². The standard InChI is InChI=1S/C14H16ClFIN3O/c1-14(2,13(18)21)7-20-11-5-8(16)9(17)6-10(11)19-12(20)3-4-15/h5-6H,3-4,7H2,1-2H3,(H2,18,21). The number of rotatable bonds is 5. The van der Waals surface area contributed by atoms with Gasteiger partial charge < -0.3 is 10.3 Å². The molecule has 0 aliphatic rings. The van der Waals surface area contributed by atoms with Crippen LogP contribution in [-0.2, 0) is 17.8 Å². The Morgan fingerprint density at radius 2 is 2.19 bits per heavy atom. The van der Waals surface area contributed by atoms with E-state index < -0.39 is 11.3 Å². The van der Waals surface area contributed by atoms with E-state index in [4.69, 9.17) is 17.3 Å². The summed E-state index contributed by atoms with van der Waals surface area (Å²) in [6, 6.07) is 3.13. The highest BCUT2D eigenvalue weighted by atomic mass is 127. The Kier molecular flexibility index (Phi) is 4.77. The summed E-state index contributed by atoms with van der Waals surface area (Å²) in [5, 5.41) is 0. The molecule has 7 heteroatoms. The molecule has 0 fully saturated rings. The number of primary amides is 1. The molecule has 21 heavy (non-hydrogen) atoms. The Balaban J connectivity index is 2.60. The van der Waals surface area contributed by atoms with E-state index in [9.17, 15) is 9.18 Å². The van der Waals surface area contributed by atoms with Gasteiger partial charge in [0.25, 0.3) is 0 Å². The SMILES string of the molecule is CC(C)(Cn1c(CCCl)nc2cc(I)c(F)cc21)C(N)=O. The molecule has 0 atom stereocenters. The van der Waals surface area contributed by atoms with E-state index in [1.54, 1.807) is 19.9 Å². The molecule has 1 aromatic heterocycles. The van der Waals surface area contributed by atoms with Crippen molar-refractivity contribution in [3.8, 4) is 0 Å². The maximum atomic E-state index is 13.8. The average Bonchev–Trinajstić information content (AvgIpc) is 2.68. The molecule has 0 radical (unpaired) electrons. The van der Waals surface area contributed by atoms with Gasteiger partial charge in [0.2, 0.25) is 5.91 Å². The maximum absolute atomic E-state index is 13.8. The number of imidazole rings is 1. The third kappa shape index (κ3) is 3.31. The third-order valence-electron chi connectivity index (χ3n) is 3.41. The lowest BCUT2D eigenvalue weighted by Gasteiger charge is -2.22. The number of hydrogen-bond donors (Lipinski definition) is 1. The van der Waals surface area contributed by atoms with Crippen molar-refractivity contribution >= 4 is 51.1 Å². The Bertz CT molecular complexity index is 699. The largest absolute Gasteiger partial charge is 0.369 e. The number of carbonyl (C=O) groups excluding carboxylic acids is 1. The van der Waals surface area contributed by atoms with Crippen molar-refractivity contribution in [2.45, 2.75) is 26.8 Å². The first-order chi connectivity index (χ1) is 9.76. The summed E-state index contributed by atoms with van der Waals surface area (Å²) in [7, 11) is 0. The maximum Gasteiger partial charge on any atom is 0.224 e. The Hall–Kier alpha value is -0.890. The zero-order valence-corrected chi connectivity index (χ0v) is 14.7. The van der Waals surface area contributed by atoms with Crippen LogP contribution in [0, 0.1) is 14.8 Å². The first kappa shape index (κ1) is 16.5. The van der Waals surface area contributed by atoms with E-state index in [-0.39, 0.29) is 5.82 Å². The molecule has 0 unspecified atom stereocenters. The number of aryl methyl sites for hydroxylation is 1. The molecule has 1 amide bonds. The second-order valence-corrected chi connectivity index (χ2v) is 7.10. The fraction of sp³-hybridized carbons (Fsp3) is 0.429. The minimum absolute atomic E-state index is 0.307. The van der Waals surface area contributed by atoms with E-state index in [2.05, 4.69) is 4.98 Å². The molecular formula is C14H16ClFIN3O. The predicted molar refractivity (Wildman–Crippen MR) is 89.8 cm³/mol. The van der Waals surface area contributed by atoms with Crippen LogP contribution < -0.4 is 5.73 Å². The fourth-order valence-corrected chi connectivity index (χ4v) is 2.71. The second kappa shape index (κ2) is 6.08. The molecule has 1 aromatic carbocycles. The fourth-order valence-electron chi connectivity index (χ4n) is 2.10. The number of carbonyl (C=O) groups is 1. The lowest BCUT2D eigenvalue weighted by atomic mass is 9.92. The van der Waals surface area contributed by atoms with Gasteiger partial charge in [-0.25, -0.2) is 9.37 Å². The zero-order chi connectivity index (χ0) is 15.8. The predicted octanol–water partition coefficient (Wildman–Crippen LogP) is 3.07. The summed E-state index contributed by atoms with van der Waals surface area (Å²) in [5.74, 6) is 0.418. The van der Waals surface area contributed by atoms with Crippen LogP contribution in [0.15, 0.2) is 12.1 Å². The van der Waals surface area contributed by atoms with Gasteiger partial charge in [-0.05, 0) is 42.5 Å². The molecule has 0 aliphatic heterocycles. The smallest absolute Gasteiger partial charge is 0.224 e. The van der Waals surface area contributed by atoms with Crippen molar-refractivity contribution in [1.29, 1.82) is 0 Å². The summed E-state index contributed by atoms with van der Waals surface area (Å²) >= 11 is 7.74. The van der Waals surface area contributed by atoms with Crippen LogP contribution in [0.5, 0.6) is 0 Å². The quantitative estimate of drug-likeness (QED) is 0.593. The van der Waals surface area contributed by atoms with Gasteiger partial charge in [-0.2, -0.15) is 0 Å². The lowest BCUT2D eigenvalue weighted by Crippen LogP contribution is -2.35. The van der Waals surface area contributed by atoms with Crippen LogP contribution in [0.1, 0.15) is 19.7 Å². The van der Waals surface area contributed by atoms with Crippen LogP contribution >= 0.6 is 34.2 Å². The van der Waals surface area contributed by atoms with E-state index in [1.807, 2.05) is 27.2 Å². The van der Waals surface area contributed by atoms with Crippen molar-refractivity contribution in [2.75, 3.05) is 5.88 Å². The second-order valence-electron chi connectivity index (χ2n) is 5.56. The van der Waals surface area contributed by atoms with Crippen molar-refractivity contribution in [2.24, 2.45) is 11.1 Å². The molecule has 114 valence electrons. The normalized spacial score (nSPS) is 12.0. The zero-order valence-electron chi connectivity index (χ0n) is 11.8. The summed E-state index contributed by atoms with van der Waals surface area (Å²) in [6.45, 7) is 3.86. The first-order valence-electron chi connectivity index (χ1n) is 6.46. The number of benzene rings is 1. The average molecular weight is 424 g/mol. The van der Waals surface area contributed by atoms with Gasteiger partial charge in [0.15, 0.2) is 0 Å². The van der Waals surface area contributed by atoms with Gasteiger partial charge in [0.05, 0.1) is 20.0 Å². The first-order valence-corrected chi connectivity index (χ1v) is 8.07. The van der Waals surface area contributed by atoms with Crippen LogP contribution in [-0.4, -0.2) is 21.3 Å². The monoisotopic (exact) mass is 423 g/mol. The molecule has 0 aliphatic carbocycles. The van der Waals surface area contributed by atoms with Crippen LogP contribution in [0.4, 0.5) is 4.39 Å². The summed E-state index contributed by atoms with van der Waals surface area (Å²) in [4.78, 5) is 16.1. The Labute approximate surface area is 141 Å². The number of aromatic nitrogens is 2. The summed E-state index contributed by atoms with van der Waals surface area (Å²) in [6.07, 6.45) is 0.545. The number of nitrogens with zero attached hydrogens (tertiary/aromatic N) is 2. The number of nitrogens with two attached hydrogens (primary N) is 1. The van der Waals surface area contributed by atoms with E-state index in [1.165, 1.54) is 6.07 Å². The van der Waals surface area contributed by atoms with Gasteiger partial charge in [-0.3, -0.25) is 4.79 Å². The number of fused-ring (bicyclic) bond motifs is 1. The highest BCUT2D eigenvalue weighted by Gasteiger charge is 2.27. The highest BCUT2D eigenvalue weighted by molar-refractivity contribution is 14.1. The van der Waals surface area contributed by atoms with Crippen molar-refractivity contribution in [1.82, 2.24) is 9.55 Å². The topological polar surface area (TPSA) is 60.9 Å².